The van der Waals surface area contributed by atoms with Gasteiger partial charge in [-0.25, -0.2) is 0 Å². The highest BCUT2D eigenvalue weighted by Gasteiger charge is 2.33. The molecule has 0 bridgehead atoms. The Balaban J connectivity index is 1.54. The second-order valence-corrected chi connectivity index (χ2v) is 7.31. The molecule has 2 aliphatic rings. The molecule has 0 saturated carbocycles. The molecule has 1 atom stereocenters. The van der Waals surface area contributed by atoms with E-state index in [1.807, 2.05) is 0 Å². The van der Waals surface area contributed by atoms with Gasteiger partial charge in [-0.15, -0.1) is 0 Å². The fourth-order valence-electron chi connectivity index (χ4n) is 4.04. The lowest BCUT2D eigenvalue weighted by molar-refractivity contribution is 0.0643. The van der Waals surface area contributed by atoms with Crippen LogP contribution >= 0.6 is 0 Å². The molecule has 0 aliphatic carbocycles. The first kappa shape index (κ1) is 17.5. The van der Waals surface area contributed by atoms with Crippen LogP contribution in [0.3, 0.4) is 0 Å². The summed E-state index contributed by atoms with van der Waals surface area (Å²) in [5.74, 6) is 0.707. The molecule has 1 aromatic rings. The minimum atomic E-state index is 0.707. The lowest BCUT2D eigenvalue weighted by Crippen LogP contribution is -2.61. The molecule has 132 valence electrons. The highest BCUT2D eigenvalue weighted by atomic mass is 15.3. The maximum absolute atomic E-state index is 4.35. The molecule has 0 radical (unpaired) electrons. The van der Waals surface area contributed by atoms with E-state index < -0.39 is 0 Å². The molecule has 2 saturated heterocycles. The van der Waals surface area contributed by atoms with E-state index in [1.54, 1.807) is 0 Å². The zero-order chi connectivity index (χ0) is 16.9. The summed E-state index contributed by atoms with van der Waals surface area (Å²) in [6, 6.07) is 9.90. The summed E-state index contributed by atoms with van der Waals surface area (Å²) in [5.41, 5.74) is 3.96. The van der Waals surface area contributed by atoms with Crippen molar-refractivity contribution in [3.05, 3.63) is 42.0 Å². The van der Waals surface area contributed by atoms with Gasteiger partial charge in [0, 0.05) is 51.0 Å². The second-order valence-electron chi connectivity index (χ2n) is 7.31. The number of piperazine rings is 1. The number of benzene rings is 1. The average molecular weight is 328 g/mol. The molecule has 1 N–H and O–H groups in total. The second kappa shape index (κ2) is 8.17. The quantitative estimate of drug-likeness (QED) is 0.826. The zero-order valence-corrected chi connectivity index (χ0v) is 15.4. The molecule has 2 heterocycles. The van der Waals surface area contributed by atoms with Crippen molar-refractivity contribution >= 4 is 5.70 Å². The Morgan fingerprint density at radius 2 is 1.83 bits per heavy atom. The van der Waals surface area contributed by atoms with E-state index in [4.69, 9.17) is 0 Å². The molecule has 3 rings (SSSR count). The Morgan fingerprint density at radius 1 is 1.17 bits per heavy atom. The van der Waals surface area contributed by atoms with Crippen LogP contribution in [0.1, 0.15) is 50.2 Å². The number of rotatable bonds is 7. The van der Waals surface area contributed by atoms with Gasteiger partial charge in [0.1, 0.15) is 0 Å². The smallest absolute Gasteiger partial charge is 0.0447 e. The first-order chi connectivity index (χ1) is 11.7. The van der Waals surface area contributed by atoms with Crippen LogP contribution in [-0.2, 0) is 0 Å². The minimum Gasteiger partial charge on any atom is -0.368 e. The van der Waals surface area contributed by atoms with Gasteiger partial charge in [0.2, 0.25) is 0 Å². The Kier molecular flexibility index (Phi) is 5.96. The van der Waals surface area contributed by atoms with Crippen LogP contribution in [0.5, 0.6) is 0 Å². The molecule has 0 aromatic heterocycles. The molecule has 1 unspecified atom stereocenters. The lowest BCUT2D eigenvalue weighted by atomic mass is 9.91. The van der Waals surface area contributed by atoms with E-state index in [2.05, 4.69) is 59.8 Å². The SMILES string of the molecule is C=C(c1ccc(C(CC)CCC)cc1)N1CC(N2CCNCC2)C1. The third kappa shape index (κ3) is 3.84. The summed E-state index contributed by atoms with van der Waals surface area (Å²) in [4.78, 5) is 5.06. The molecule has 2 fully saturated rings. The van der Waals surface area contributed by atoms with Crippen LogP contribution in [0.25, 0.3) is 5.70 Å². The van der Waals surface area contributed by atoms with Crippen molar-refractivity contribution in [3.63, 3.8) is 0 Å². The van der Waals surface area contributed by atoms with Crippen LogP contribution in [0.15, 0.2) is 30.8 Å². The van der Waals surface area contributed by atoms with Crippen molar-refractivity contribution in [2.75, 3.05) is 39.3 Å². The van der Waals surface area contributed by atoms with Crippen LogP contribution in [0.4, 0.5) is 0 Å². The van der Waals surface area contributed by atoms with Gasteiger partial charge < -0.3 is 10.2 Å². The maximum Gasteiger partial charge on any atom is 0.0447 e. The van der Waals surface area contributed by atoms with E-state index in [-0.39, 0.29) is 0 Å². The molecule has 0 spiro atoms. The Hall–Kier alpha value is -1.32. The predicted molar refractivity (Wildman–Crippen MR) is 103 cm³/mol. The predicted octanol–water partition coefficient (Wildman–Crippen LogP) is 3.54. The normalized spacial score (nSPS) is 20.7. The van der Waals surface area contributed by atoms with Gasteiger partial charge in [-0.1, -0.05) is 51.1 Å². The van der Waals surface area contributed by atoms with Crippen molar-refractivity contribution in [3.8, 4) is 0 Å². The number of likely N-dealkylation sites (tertiary alicyclic amines) is 1. The highest BCUT2D eigenvalue weighted by Crippen LogP contribution is 2.29. The number of hydrogen-bond acceptors (Lipinski definition) is 3. The number of nitrogens with one attached hydrogen (secondary N) is 1. The summed E-state index contributed by atoms with van der Waals surface area (Å²) in [5, 5.41) is 3.43. The summed E-state index contributed by atoms with van der Waals surface area (Å²) < 4.78 is 0. The zero-order valence-electron chi connectivity index (χ0n) is 15.4. The van der Waals surface area contributed by atoms with E-state index in [0.29, 0.717) is 5.92 Å². The molecule has 2 aliphatic heterocycles. The minimum absolute atomic E-state index is 0.707. The Morgan fingerprint density at radius 3 is 2.42 bits per heavy atom. The molecular weight excluding hydrogens is 294 g/mol. The molecule has 24 heavy (non-hydrogen) atoms. The Bertz CT molecular complexity index is 525. The first-order valence-electron chi connectivity index (χ1n) is 9.71. The van der Waals surface area contributed by atoms with Crippen molar-refractivity contribution in [1.29, 1.82) is 0 Å². The van der Waals surface area contributed by atoms with Gasteiger partial charge in [0.05, 0.1) is 0 Å². The fourth-order valence-corrected chi connectivity index (χ4v) is 4.04. The number of nitrogens with zero attached hydrogens (tertiary/aromatic N) is 2. The third-order valence-electron chi connectivity index (χ3n) is 5.76. The van der Waals surface area contributed by atoms with Crippen molar-refractivity contribution in [2.24, 2.45) is 0 Å². The fraction of sp³-hybridized carbons (Fsp3) is 0.619. The van der Waals surface area contributed by atoms with Gasteiger partial charge in [0.25, 0.3) is 0 Å². The number of hydrogen-bond donors (Lipinski definition) is 1. The average Bonchev–Trinajstić information content (AvgIpc) is 2.59. The summed E-state index contributed by atoms with van der Waals surface area (Å²) in [6.45, 7) is 15.8. The highest BCUT2D eigenvalue weighted by molar-refractivity contribution is 5.63. The van der Waals surface area contributed by atoms with Crippen LogP contribution in [-0.4, -0.2) is 55.1 Å². The van der Waals surface area contributed by atoms with Crippen LogP contribution in [0.2, 0.25) is 0 Å². The summed E-state index contributed by atoms with van der Waals surface area (Å²) in [6.07, 6.45) is 3.77. The standard InChI is InChI=1S/C21H33N3/c1-4-6-18(5-2)20-9-7-19(8-10-20)17(3)24-15-21(16-24)23-13-11-22-12-14-23/h7-10,18,21-22H,3-6,11-16H2,1-2H3. The maximum atomic E-state index is 4.35. The van der Waals surface area contributed by atoms with Crippen molar-refractivity contribution in [1.82, 2.24) is 15.1 Å². The molecule has 3 heteroatoms. The lowest BCUT2D eigenvalue weighted by Gasteiger charge is -2.48. The van der Waals surface area contributed by atoms with Gasteiger partial charge in [0.15, 0.2) is 0 Å². The monoisotopic (exact) mass is 327 g/mol. The first-order valence-corrected chi connectivity index (χ1v) is 9.71. The molecule has 0 amide bonds. The van der Waals surface area contributed by atoms with Gasteiger partial charge >= 0.3 is 0 Å². The van der Waals surface area contributed by atoms with Crippen molar-refractivity contribution < 1.29 is 0 Å². The summed E-state index contributed by atoms with van der Waals surface area (Å²) in [7, 11) is 0. The van der Waals surface area contributed by atoms with Gasteiger partial charge in [-0.3, -0.25) is 4.90 Å². The topological polar surface area (TPSA) is 18.5 Å². The Labute approximate surface area is 147 Å². The largest absolute Gasteiger partial charge is 0.368 e. The van der Waals surface area contributed by atoms with Crippen molar-refractivity contribution in [2.45, 2.75) is 45.1 Å². The van der Waals surface area contributed by atoms with Gasteiger partial charge in [-0.2, -0.15) is 0 Å². The van der Waals surface area contributed by atoms with E-state index in [1.165, 1.54) is 49.2 Å². The third-order valence-corrected chi connectivity index (χ3v) is 5.76. The molecular formula is C21H33N3. The molecule has 3 nitrogen and oxygen atoms in total. The van der Waals surface area contributed by atoms with E-state index in [9.17, 15) is 0 Å². The van der Waals surface area contributed by atoms with Crippen LogP contribution in [0, 0.1) is 0 Å². The molecule has 1 aromatic carbocycles. The van der Waals surface area contributed by atoms with E-state index >= 15 is 0 Å². The van der Waals surface area contributed by atoms with Crippen LogP contribution < -0.4 is 5.32 Å². The summed E-state index contributed by atoms with van der Waals surface area (Å²) >= 11 is 0. The van der Waals surface area contributed by atoms with Gasteiger partial charge in [-0.05, 0) is 29.9 Å². The van der Waals surface area contributed by atoms with E-state index in [0.717, 1.165) is 32.2 Å².